The van der Waals surface area contributed by atoms with Gasteiger partial charge in [-0.3, -0.25) is 0 Å². The first-order chi connectivity index (χ1) is 13.8. The standard InChI is InChI=1S/C27H26N2/c1-26(2,3)20-12-10-17(11-13-20)24-23-25(29-16-28-24)21-14-18-8-6-7-9-19(18)15-22(21)27(23,4)5/h6-16H,1-5H3. The molecule has 0 saturated heterocycles. The Bertz CT molecular complexity index is 1240. The monoisotopic (exact) mass is 378 g/mol. The van der Waals surface area contributed by atoms with Crippen molar-refractivity contribution in [3.8, 4) is 22.5 Å². The zero-order valence-electron chi connectivity index (χ0n) is 17.7. The first kappa shape index (κ1) is 18.1. The van der Waals surface area contributed by atoms with Gasteiger partial charge in [0.2, 0.25) is 0 Å². The SMILES string of the molecule is CC(C)(C)c1ccc(-c2ncnc3c2C(C)(C)c2cc4ccccc4cc2-3)cc1. The maximum Gasteiger partial charge on any atom is 0.116 e. The molecule has 0 unspecified atom stereocenters. The minimum absolute atomic E-state index is 0.141. The van der Waals surface area contributed by atoms with Gasteiger partial charge in [0.15, 0.2) is 0 Å². The molecule has 0 fully saturated rings. The van der Waals surface area contributed by atoms with Crippen LogP contribution in [0.2, 0.25) is 0 Å². The number of benzene rings is 3. The summed E-state index contributed by atoms with van der Waals surface area (Å²) in [6.07, 6.45) is 1.71. The van der Waals surface area contributed by atoms with E-state index in [9.17, 15) is 0 Å². The molecule has 2 heteroatoms. The fraction of sp³-hybridized carbons (Fsp3) is 0.259. The van der Waals surface area contributed by atoms with Gasteiger partial charge in [-0.05, 0) is 39.4 Å². The van der Waals surface area contributed by atoms with E-state index in [1.54, 1.807) is 6.33 Å². The molecule has 1 heterocycles. The van der Waals surface area contributed by atoms with Crippen LogP contribution in [0, 0.1) is 0 Å². The molecular formula is C27H26N2. The highest BCUT2D eigenvalue weighted by molar-refractivity contribution is 5.94. The minimum Gasteiger partial charge on any atom is -0.236 e. The molecule has 1 aliphatic rings. The molecule has 1 aromatic heterocycles. The predicted molar refractivity (Wildman–Crippen MR) is 121 cm³/mol. The third kappa shape index (κ3) is 2.70. The highest BCUT2D eigenvalue weighted by Crippen LogP contribution is 2.51. The highest BCUT2D eigenvalue weighted by Gasteiger charge is 2.39. The van der Waals surface area contributed by atoms with Gasteiger partial charge >= 0.3 is 0 Å². The molecule has 5 rings (SSSR count). The fourth-order valence-corrected chi connectivity index (χ4v) is 4.62. The predicted octanol–water partition coefficient (Wildman–Crippen LogP) is 6.90. The normalized spacial score (nSPS) is 14.7. The Balaban J connectivity index is 1.73. The summed E-state index contributed by atoms with van der Waals surface area (Å²) in [4.78, 5) is 9.48. The first-order valence-electron chi connectivity index (χ1n) is 10.3. The summed E-state index contributed by atoms with van der Waals surface area (Å²) in [5.74, 6) is 0. The molecule has 0 N–H and O–H groups in total. The molecule has 0 atom stereocenters. The third-order valence-corrected chi connectivity index (χ3v) is 6.31. The van der Waals surface area contributed by atoms with Crippen molar-refractivity contribution in [1.82, 2.24) is 9.97 Å². The summed E-state index contributed by atoms with van der Waals surface area (Å²) in [6.45, 7) is 11.3. The second kappa shape index (κ2) is 6.00. The van der Waals surface area contributed by atoms with E-state index in [-0.39, 0.29) is 10.8 Å². The van der Waals surface area contributed by atoms with E-state index in [1.165, 1.54) is 33.0 Å². The molecular weight excluding hydrogens is 352 g/mol. The van der Waals surface area contributed by atoms with Crippen LogP contribution in [0.3, 0.4) is 0 Å². The lowest BCUT2D eigenvalue weighted by atomic mass is 9.80. The van der Waals surface area contributed by atoms with Gasteiger partial charge in [0.05, 0.1) is 11.4 Å². The van der Waals surface area contributed by atoms with E-state index in [0.717, 1.165) is 17.0 Å². The smallest absolute Gasteiger partial charge is 0.116 e. The van der Waals surface area contributed by atoms with Crippen LogP contribution < -0.4 is 0 Å². The molecule has 0 radical (unpaired) electrons. The quantitative estimate of drug-likeness (QED) is 0.360. The Morgan fingerprint density at radius 1 is 0.759 bits per heavy atom. The molecule has 2 nitrogen and oxygen atoms in total. The summed E-state index contributed by atoms with van der Waals surface area (Å²) < 4.78 is 0. The van der Waals surface area contributed by atoms with Crippen LogP contribution in [0.1, 0.15) is 51.3 Å². The average molecular weight is 379 g/mol. The Morgan fingerprint density at radius 2 is 1.38 bits per heavy atom. The van der Waals surface area contributed by atoms with E-state index in [2.05, 4.69) is 95.3 Å². The Kier molecular flexibility index (Phi) is 3.73. The van der Waals surface area contributed by atoms with Gasteiger partial charge in [-0.1, -0.05) is 83.1 Å². The molecule has 0 amide bonds. The molecule has 0 saturated carbocycles. The van der Waals surface area contributed by atoms with Gasteiger partial charge in [-0.15, -0.1) is 0 Å². The Labute approximate surface area is 172 Å². The van der Waals surface area contributed by atoms with Gasteiger partial charge in [-0.2, -0.15) is 0 Å². The molecule has 29 heavy (non-hydrogen) atoms. The van der Waals surface area contributed by atoms with Crippen molar-refractivity contribution in [3.05, 3.63) is 83.7 Å². The Morgan fingerprint density at radius 3 is 2.03 bits per heavy atom. The number of nitrogens with zero attached hydrogens (tertiary/aromatic N) is 2. The van der Waals surface area contributed by atoms with Crippen molar-refractivity contribution in [2.45, 2.75) is 45.4 Å². The van der Waals surface area contributed by atoms with Crippen molar-refractivity contribution >= 4 is 10.8 Å². The van der Waals surface area contributed by atoms with E-state index >= 15 is 0 Å². The van der Waals surface area contributed by atoms with Crippen LogP contribution in [0.25, 0.3) is 33.3 Å². The molecule has 0 aliphatic heterocycles. The van der Waals surface area contributed by atoms with E-state index in [0.29, 0.717) is 0 Å². The topological polar surface area (TPSA) is 25.8 Å². The summed E-state index contributed by atoms with van der Waals surface area (Å²) in [6, 6.07) is 22.1. The molecule has 1 aliphatic carbocycles. The second-order valence-electron chi connectivity index (χ2n) is 9.64. The Hall–Kier alpha value is -3.00. The van der Waals surface area contributed by atoms with Gasteiger partial charge in [-0.25, -0.2) is 9.97 Å². The zero-order valence-corrected chi connectivity index (χ0v) is 17.7. The van der Waals surface area contributed by atoms with E-state index in [1.807, 2.05) is 0 Å². The van der Waals surface area contributed by atoms with Crippen molar-refractivity contribution in [2.24, 2.45) is 0 Å². The lowest BCUT2D eigenvalue weighted by Crippen LogP contribution is -2.17. The number of hydrogen-bond acceptors (Lipinski definition) is 2. The lowest BCUT2D eigenvalue weighted by Gasteiger charge is -2.24. The largest absolute Gasteiger partial charge is 0.236 e. The van der Waals surface area contributed by atoms with Crippen molar-refractivity contribution in [2.75, 3.05) is 0 Å². The number of aromatic nitrogens is 2. The van der Waals surface area contributed by atoms with E-state index in [4.69, 9.17) is 9.97 Å². The van der Waals surface area contributed by atoms with Crippen molar-refractivity contribution < 1.29 is 0 Å². The summed E-state index contributed by atoms with van der Waals surface area (Å²) >= 11 is 0. The van der Waals surface area contributed by atoms with Crippen molar-refractivity contribution in [3.63, 3.8) is 0 Å². The maximum absolute atomic E-state index is 4.75. The lowest BCUT2D eigenvalue weighted by molar-refractivity contribution is 0.590. The maximum atomic E-state index is 4.75. The molecule has 3 aromatic carbocycles. The second-order valence-corrected chi connectivity index (χ2v) is 9.64. The van der Waals surface area contributed by atoms with Crippen LogP contribution >= 0.6 is 0 Å². The number of rotatable bonds is 1. The fourth-order valence-electron chi connectivity index (χ4n) is 4.62. The first-order valence-corrected chi connectivity index (χ1v) is 10.3. The zero-order chi connectivity index (χ0) is 20.4. The number of fused-ring (bicyclic) bond motifs is 4. The van der Waals surface area contributed by atoms with Gasteiger partial charge in [0.1, 0.15) is 6.33 Å². The number of hydrogen-bond donors (Lipinski definition) is 0. The van der Waals surface area contributed by atoms with Crippen LogP contribution in [-0.4, -0.2) is 9.97 Å². The third-order valence-electron chi connectivity index (χ3n) is 6.31. The molecule has 144 valence electrons. The summed E-state index contributed by atoms with van der Waals surface area (Å²) in [5.41, 5.74) is 8.39. The van der Waals surface area contributed by atoms with Crippen LogP contribution in [0.5, 0.6) is 0 Å². The van der Waals surface area contributed by atoms with Gasteiger partial charge in [0.25, 0.3) is 0 Å². The molecule has 0 spiro atoms. The molecule has 4 aromatic rings. The molecule has 0 bridgehead atoms. The van der Waals surface area contributed by atoms with Crippen LogP contribution in [0.4, 0.5) is 0 Å². The summed E-state index contributed by atoms with van der Waals surface area (Å²) in [5, 5.41) is 2.53. The van der Waals surface area contributed by atoms with Gasteiger partial charge < -0.3 is 0 Å². The van der Waals surface area contributed by atoms with Crippen molar-refractivity contribution in [1.29, 1.82) is 0 Å². The van der Waals surface area contributed by atoms with Gasteiger partial charge in [0, 0.05) is 22.1 Å². The highest BCUT2D eigenvalue weighted by atomic mass is 14.9. The summed E-state index contributed by atoms with van der Waals surface area (Å²) in [7, 11) is 0. The van der Waals surface area contributed by atoms with E-state index < -0.39 is 0 Å². The van der Waals surface area contributed by atoms with Crippen LogP contribution in [-0.2, 0) is 10.8 Å². The minimum atomic E-state index is -0.145. The van der Waals surface area contributed by atoms with Crippen LogP contribution in [0.15, 0.2) is 67.0 Å². The average Bonchev–Trinajstić information content (AvgIpc) is 2.93.